The Morgan fingerprint density at radius 2 is 2.33 bits per heavy atom. The molecule has 18 heavy (non-hydrogen) atoms. The Bertz CT molecular complexity index is 532. The third-order valence-electron chi connectivity index (χ3n) is 3.18. The molecule has 0 aliphatic carbocycles. The molecule has 2 rings (SSSR count). The van der Waals surface area contributed by atoms with E-state index in [9.17, 15) is 9.59 Å². The summed E-state index contributed by atoms with van der Waals surface area (Å²) in [5.74, 6) is -1.20. The van der Waals surface area contributed by atoms with Gasteiger partial charge < -0.3 is 14.4 Å². The molecular formula is C12H14BrNO4. The van der Waals surface area contributed by atoms with Gasteiger partial charge in [0.25, 0.3) is 0 Å². The maximum atomic E-state index is 11.8. The van der Waals surface area contributed by atoms with Crippen LogP contribution in [0.3, 0.4) is 0 Å². The molecule has 5 nitrogen and oxygen atoms in total. The summed E-state index contributed by atoms with van der Waals surface area (Å²) >= 11 is 3.18. The highest BCUT2D eigenvalue weighted by atomic mass is 79.9. The molecule has 98 valence electrons. The minimum Gasteiger partial charge on any atom is -0.477 e. The second kappa shape index (κ2) is 5.24. The topological polar surface area (TPSA) is 68.5 Å². The van der Waals surface area contributed by atoms with Crippen LogP contribution >= 0.6 is 15.9 Å². The summed E-state index contributed by atoms with van der Waals surface area (Å²) in [6, 6.07) is 0.0914. The van der Waals surface area contributed by atoms with Crippen molar-refractivity contribution < 1.29 is 14.6 Å². The maximum absolute atomic E-state index is 11.8. The number of halogens is 1. The van der Waals surface area contributed by atoms with Crippen molar-refractivity contribution in [2.75, 3.05) is 13.2 Å². The summed E-state index contributed by atoms with van der Waals surface area (Å²) in [4.78, 5) is 22.8. The van der Waals surface area contributed by atoms with E-state index in [1.54, 1.807) is 6.92 Å². The highest BCUT2D eigenvalue weighted by Crippen LogP contribution is 2.23. The number of carboxylic acids is 1. The normalized spacial score (nSPS) is 19.8. The third-order valence-corrected chi connectivity index (χ3v) is 4.11. The molecule has 0 unspecified atom stereocenters. The number of aromatic nitrogens is 1. The molecule has 0 aromatic carbocycles. The fourth-order valence-electron chi connectivity index (χ4n) is 2.17. The van der Waals surface area contributed by atoms with Crippen LogP contribution < -0.4 is 5.43 Å². The van der Waals surface area contributed by atoms with Gasteiger partial charge in [-0.3, -0.25) is 4.79 Å². The van der Waals surface area contributed by atoms with Gasteiger partial charge in [-0.2, -0.15) is 0 Å². The Balaban J connectivity index is 2.53. The molecule has 0 saturated carbocycles. The molecular weight excluding hydrogens is 302 g/mol. The zero-order valence-corrected chi connectivity index (χ0v) is 11.6. The summed E-state index contributed by atoms with van der Waals surface area (Å²) in [5.41, 5.74) is 0.0477. The molecule has 1 fully saturated rings. The predicted molar refractivity (Wildman–Crippen MR) is 69.2 cm³/mol. The summed E-state index contributed by atoms with van der Waals surface area (Å²) in [6.45, 7) is 3.09. The number of pyridine rings is 1. The van der Waals surface area contributed by atoms with E-state index in [4.69, 9.17) is 9.84 Å². The number of hydrogen-bond acceptors (Lipinski definition) is 3. The molecule has 1 atom stereocenters. The number of nitrogens with zero attached hydrogens (tertiary/aromatic N) is 1. The smallest absolute Gasteiger partial charge is 0.341 e. The average molecular weight is 316 g/mol. The van der Waals surface area contributed by atoms with Gasteiger partial charge in [-0.05, 0) is 35.7 Å². The lowest BCUT2D eigenvalue weighted by molar-refractivity contribution is 0.0575. The fourth-order valence-corrected chi connectivity index (χ4v) is 2.58. The van der Waals surface area contributed by atoms with Crippen LogP contribution in [0.4, 0.5) is 0 Å². The van der Waals surface area contributed by atoms with Crippen LogP contribution in [-0.2, 0) is 4.74 Å². The van der Waals surface area contributed by atoms with Gasteiger partial charge in [-0.1, -0.05) is 0 Å². The average Bonchev–Trinajstić information content (AvgIpc) is 2.37. The Morgan fingerprint density at radius 3 is 2.89 bits per heavy atom. The van der Waals surface area contributed by atoms with Crippen molar-refractivity contribution in [2.45, 2.75) is 25.8 Å². The van der Waals surface area contributed by atoms with Crippen molar-refractivity contribution in [2.24, 2.45) is 0 Å². The number of ether oxygens (including phenoxy) is 1. The highest BCUT2D eigenvalue weighted by molar-refractivity contribution is 9.10. The van der Waals surface area contributed by atoms with Crippen molar-refractivity contribution in [3.8, 4) is 0 Å². The zero-order chi connectivity index (χ0) is 13.3. The van der Waals surface area contributed by atoms with Crippen molar-refractivity contribution in [1.29, 1.82) is 0 Å². The second-order valence-corrected chi connectivity index (χ2v) is 5.15. The molecule has 0 amide bonds. The number of carboxylic acid groups (broad SMARTS) is 1. The van der Waals surface area contributed by atoms with E-state index in [0.717, 1.165) is 25.1 Å². The maximum Gasteiger partial charge on any atom is 0.341 e. The molecule has 1 aromatic rings. The molecule has 6 heteroatoms. The van der Waals surface area contributed by atoms with Gasteiger partial charge in [0.15, 0.2) is 0 Å². The standard InChI is InChI=1S/C12H14BrNO4/c1-7-10(13)11(15)9(12(16)17)5-14(7)8-3-2-4-18-6-8/h5,8H,2-4,6H2,1H3,(H,16,17)/t8-/m1/s1. The van der Waals surface area contributed by atoms with Crippen LogP contribution in [0.2, 0.25) is 0 Å². The summed E-state index contributed by atoms with van der Waals surface area (Å²) in [5, 5.41) is 9.04. The van der Waals surface area contributed by atoms with Gasteiger partial charge in [-0.25, -0.2) is 4.79 Å². The lowest BCUT2D eigenvalue weighted by atomic mass is 10.1. The van der Waals surface area contributed by atoms with Gasteiger partial charge in [-0.15, -0.1) is 0 Å². The first-order valence-corrected chi connectivity index (χ1v) is 6.54. The SMILES string of the molecule is Cc1c(Br)c(=O)c(C(=O)O)cn1[C@@H]1CCCOC1. The molecule has 1 aliphatic heterocycles. The summed E-state index contributed by atoms with van der Waals surface area (Å²) < 4.78 is 7.54. The van der Waals surface area contributed by atoms with Crippen molar-refractivity contribution in [1.82, 2.24) is 4.57 Å². The van der Waals surface area contributed by atoms with E-state index in [2.05, 4.69) is 15.9 Å². The second-order valence-electron chi connectivity index (χ2n) is 4.35. The van der Waals surface area contributed by atoms with Gasteiger partial charge in [0.05, 0.1) is 17.1 Å². The van der Waals surface area contributed by atoms with E-state index in [-0.39, 0.29) is 11.6 Å². The number of carbonyl (C=O) groups is 1. The fraction of sp³-hybridized carbons (Fsp3) is 0.500. The van der Waals surface area contributed by atoms with Gasteiger partial charge in [0.1, 0.15) is 5.56 Å². The Kier molecular flexibility index (Phi) is 3.87. The van der Waals surface area contributed by atoms with Gasteiger partial charge in [0, 0.05) is 18.5 Å². The third kappa shape index (κ3) is 2.35. The quantitative estimate of drug-likeness (QED) is 0.906. The number of rotatable bonds is 2. The largest absolute Gasteiger partial charge is 0.477 e. The summed E-state index contributed by atoms with van der Waals surface area (Å²) in [6.07, 6.45) is 3.29. The first-order valence-electron chi connectivity index (χ1n) is 5.74. The predicted octanol–water partition coefficient (Wildman–Crippen LogP) is 1.97. The molecule has 0 radical (unpaired) electrons. The number of aromatic carboxylic acids is 1. The molecule has 1 aliphatic rings. The van der Waals surface area contributed by atoms with E-state index >= 15 is 0 Å². The molecule has 1 aromatic heterocycles. The van der Waals surface area contributed by atoms with Crippen LogP contribution in [0.5, 0.6) is 0 Å². The van der Waals surface area contributed by atoms with E-state index in [1.807, 2.05) is 4.57 Å². The van der Waals surface area contributed by atoms with Crippen molar-refractivity contribution >= 4 is 21.9 Å². The van der Waals surface area contributed by atoms with Gasteiger partial charge in [0.2, 0.25) is 5.43 Å². The monoisotopic (exact) mass is 315 g/mol. The first-order chi connectivity index (χ1) is 8.52. The lowest BCUT2D eigenvalue weighted by Gasteiger charge is -2.27. The molecule has 0 bridgehead atoms. The van der Waals surface area contributed by atoms with Crippen LogP contribution in [0.25, 0.3) is 0 Å². The van der Waals surface area contributed by atoms with Crippen LogP contribution in [-0.4, -0.2) is 28.9 Å². The first kappa shape index (κ1) is 13.3. The molecule has 1 saturated heterocycles. The van der Waals surface area contributed by atoms with E-state index in [1.165, 1.54) is 6.20 Å². The molecule has 2 heterocycles. The van der Waals surface area contributed by atoms with Crippen LogP contribution in [0.15, 0.2) is 15.5 Å². The highest BCUT2D eigenvalue weighted by Gasteiger charge is 2.21. The van der Waals surface area contributed by atoms with Crippen LogP contribution in [0.1, 0.15) is 34.9 Å². The van der Waals surface area contributed by atoms with Gasteiger partial charge >= 0.3 is 5.97 Å². The zero-order valence-electron chi connectivity index (χ0n) is 9.98. The van der Waals surface area contributed by atoms with E-state index < -0.39 is 11.4 Å². The number of hydrogen-bond donors (Lipinski definition) is 1. The minimum absolute atomic E-state index is 0.0914. The molecule has 1 N–H and O–H groups in total. The van der Waals surface area contributed by atoms with Crippen LogP contribution in [0, 0.1) is 6.92 Å². The summed E-state index contributed by atoms with van der Waals surface area (Å²) in [7, 11) is 0. The van der Waals surface area contributed by atoms with E-state index in [0.29, 0.717) is 11.1 Å². The van der Waals surface area contributed by atoms with Crippen molar-refractivity contribution in [3.05, 3.63) is 32.2 Å². The minimum atomic E-state index is -1.20. The molecule has 0 spiro atoms. The Labute approximate surface area is 113 Å². The van der Waals surface area contributed by atoms with Crippen molar-refractivity contribution in [3.63, 3.8) is 0 Å². The Morgan fingerprint density at radius 1 is 1.61 bits per heavy atom. The Hall–Kier alpha value is -1.14. The lowest BCUT2D eigenvalue weighted by Crippen LogP contribution is -2.27.